The lowest BCUT2D eigenvalue weighted by Crippen LogP contribution is -2.09. The summed E-state index contributed by atoms with van der Waals surface area (Å²) in [6, 6.07) is 5.88. The maximum absolute atomic E-state index is 11.1. The first-order chi connectivity index (χ1) is 7.16. The molecular formula is C12H14N2O. The highest BCUT2D eigenvalue weighted by Gasteiger charge is 2.10. The van der Waals surface area contributed by atoms with E-state index in [1.165, 1.54) is 0 Å². The highest BCUT2D eigenvalue weighted by atomic mass is 16.1. The molecule has 0 fully saturated rings. The van der Waals surface area contributed by atoms with Gasteiger partial charge in [-0.25, -0.2) is 4.98 Å². The molecule has 0 aromatic carbocycles. The minimum Gasteiger partial charge on any atom is -0.307 e. The van der Waals surface area contributed by atoms with E-state index in [0.717, 1.165) is 17.8 Å². The average molecular weight is 202 g/mol. The minimum absolute atomic E-state index is 0.0508. The van der Waals surface area contributed by atoms with Crippen LogP contribution in [0, 0.1) is 5.92 Å². The molecular weight excluding hydrogens is 188 g/mol. The summed E-state index contributed by atoms with van der Waals surface area (Å²) < 4.78 is 1.97. The second kappa shape index (κ2) is 3.85. The van der Waals surface area contributed by atoms with Crippen molar-refractivity contribution in [1.29, 1.82) is 0 Å². The summed E-state index contributed by atoms with van der Waals surface area (Å²) in [5.74, 6) is 0.266. The Morgan fingerprint density at radius 2 is 2.33 bits per heavy atom. The highest BCUT2D eigenvalue weighted by molar-refractivity contribution is 5.78. The Morgan fingerprint density at radius 3 is 3.00 bits per heavy atom. The van der Waals surface area contributed by atoms with E-state index >= 15 is 0 Å². The van der Waals surface area contributed by atoms with Gasteiger partial charge in [0.1, 0.15) is 11.4 Å². The Hall–Kier alpha value is -1.64. The largest absolute Gasteiger partial charge is 0.307 e. The fraction of sp³-hybridized carbons (Fsp3) is 0.333. The van der Waals surface area contributed by atoms with Gasteiger partial charge in [-0.2, -0.15) is 0 Å². The zero-order chi connectivity index (χ0) is 10.8. The fourth-order valence-corrected chi connectivity index (χ4v) is 1.54. The molecule has 2 heterocycles. The molecule has 15 heavy (non-hydrogen) atoms. The standard InChI is InChI=1S/C12H14N2O/c1-9(10(2)15)7-11-8-14-6-4-3-5-12(14)13-11/h3-6,8-9H,7H2,1-2H3. The van der Waals surface area contributed by atoms with E-state index in [4.69, 9.17) is 0 Å². The number of carbonyl (C=O) groups excluding carboxylic acids is 1. The molecule has 2 aromatic heterocycles. The number of fused-ring (bicyclic) bond motifs is 1. The van der Waals surface area contributed by atoms with Crippen LogP contribution in [0.3, 0.4) is 0 Å². The number of aromatic nitrogens is 2. The van der Waals surface area contributed by atoms with Gasteiger partial charge in [0, 0.05) is 24.7 Å². The van der Waals surface area contributed by atoms with Gasteiger partial charge in [-0.15, -0.1) is 0 Å². The van der Waals surface area contributed by atoms with Crippen LogP contribution in [0.5, 0.6) is 0 Å². The fourth-order valence-electron chi connectivity index (χ4n) is 1.54. The Bertz CT molecular complexity index is 454. The van der Waals surface area contributed by atoms with E-state index in [1.807, 2.05) is 41.9 Å². The first kappa shape index (κ1) is 9.90. The number of imidazole rings is 1. The van der Waals surface area contributed by atoms with E-state index in [9.17, 15) is 4.79 Å². The van der Waals surface area contributed by atoms with Crippen LogP contribution in [-0.2, 0) is 11.2 Å². The maximum atomic E-state index is 11.1. The molecule has 0 aliphatic carbocycles. The summed E-state index contributed by atoms with van der Waals surface area (Å²) in [7, 11) is 0. The predicted molar refractivity (Wildman–Crippen MR) is 58.7 cm³/mol. The monoisotopic (exact) mass is 202 g/mol. The number of pyridine rings is 1. The molecule has 0 spiro atoms. The lowest BCUT2D eigenvalue weighted by molar-refractivity contribution is -0.120. The molecule has 78 valence electrons. The van der Waals surface area contributed by atoms with Crippen molar-refractivity contribution in [2.45, 2.75) is 20.3 Å². The molecule has 0 aliphatic heterocycles. The minimum atomic E-state index is 0.0508. The molecule has 0 radical (unpaired) electrons. The lowest BCUT2D eigenvalue weighted by Gasteiger charge is -2.02. The number of carbonyl (C=O) groups is 1. The van der Waals surface area contributed by atoms with Crippen LogP contribution in [0.15, 0.2) is 30.6 Å². The van der Waals surface area contributed by atoms with E-state index in [2.05, 4.69) is 4.98 Å². The van der Waals surface area contributed by atoms with Gasteiger partial charge in [-0.05, 0) is 19.1 Å². The smallest absolute Gasteiger partial charge is 0.136 e. The Labute approximate surface area is 88.8 Å². The third-order valence-corrected chi connectivity index (χ3v) is 2.62. The molecule has 2 rings (SSSR count). The molecule has 2 aromatic rings. The second-order valence-electron chi connectivity index (χ2n) is 3.91. The van der Waals surface area contributed by atoms with Gasteiger partial charge in [-0.3, -0.25) is 4.79 Å². The van der Waals surface area contributed by atoms with Crippen molar-refractivity contribution >= 4 is 11.4 Å². The molecule has 3 heteroatoms. The number of nitrogens with zero attached hydrogens (tertiary/aromatic N) is 2. The van der Waals surface area contributed by atoms with Crippen molar-refractivity contribution < 1.29 is 4.79 Å². The summed E-state index contributed by atoms with van der Waals surface area (Å²) in [6.45, 7) is 3.56. The van der Waals surface area contributed by atoms with Gasteiger partial charge in [0.2, 0.25) is 0 Å². The van der Waals surface area contributed by atoms with Crippen molar-refractivity contribution in [1.82, 2.24) is 9.38 Å². The molecule has 1 unspecified atom stereocenters. The third kappa shape index (κ3) is 2.06. The Kier molecular flexibility index (Phi) is 2.54. The second-order valence-corrected chi connectivity index (χ2v) is 3.91. The lowest BCUT2D eigenvalue weighted by atomic mass is 10.0. The quantitative estimate of drug-likeness (QED) is 0.763. The van der Waals surface area contributed by atoms with Gasteiger partial charge >= 0.3 is 0 Å². The summed E-state index contributed by atoms with van der Waals surface area (Å²) in [5, 5.41) is 0. The van der Waals surface area contributed by atoms with Crippen LogP contribution < -0.4 is 0 Å². The average Bonchev–Trinajstić information content (AvgIpc) is 2.59. The van der Waals surface area contributed by atoms with Gasteiger partial charge in [0.15, 0.2) is 0 Å². The van der Waals surface area contributed by atoms with Crippen LogP contribution in [-0.4, -0.2) is 15.2 Å². The molecule has 1 atom stereocenters. The SMILES string of the molecule is CC(=O)C(C)Cc1cn2ccccc2n1. The predicted octanol–water partition coefficient (Wildman–Crippen LogP) is 2.10. The van der Waals surface area contributed by atoms with E-state index in [-0.39, 0.29) is 11.7 Å². The maximum Gasteiger partial charge on any atom is 0.136 e. The first-order valence-electron chi connectivity index (χ1n) is 5.10. The highest BCUT2D eigenvalue weighted by Crippen LogP contribution is 2.10. The van der Waals surface area contributed by atoms with Gasteiger partial charge in [-0.1, -0.05) is 13.0 Å². The summed E-state index contributed by atoms with van der Waals surface area (Å²) >= 11 is 0. The molecule has 0 saturated carbocycles. The van der Waals surface area contributed by atoms with Crippen LogP contribution >= 0.6 is 0 Å². The summed E-state index contributed by atoms with van der Waals surface area (Å²) in [6.07, 6.45) is 4.66. The van der Waals surface area contributed by atoms with E-state index in [0.29, 0.717) is 0 Å². The van der Waals surface area contributed by atoms with Crippen molar-refractivity contribution in [2.75, 3.05) is 0 Å². The van der Waals surface area contributed by atoms with Gasteiger partial charge in [0.25, 0.3) is 0 Å². The normalized spacial score (nSPS) is 12.9. The number of Topliss-reactive ketones (excluding diaryl/α,β-unsaturated/α-hetero) is 1. The zero-order valence-electron chi connectivity index (χ0n) is 8.97. The molecule has 0 bridgehead atoms. The van der Waals surface area contributed by atoms with Crippen LogP contribution in [0.4, 0.5) is 0 Å². The number of ketones is 1. The summed E-state index contributed by atoms with van der Waals surface area (Å²) in [4.78, 5) is 15.6. The third-order valence-electron chi connectivity index (χ3n) is 2.62. The molecule has 0 saturated heterocycles. The van der Waals surface area contributed by atoms with Gasteiger partial charge < -0.3 is 4.40 Å². The van der Waals surface area contributed by atoms with Crippen LogP contribution in [0.2, 0.25) is 0 Å². The number of rotatable bonds is 3. The Balaban J connectivity index is 2.26. The number of hydrogen-bond donors (Lipinski definition) is 0. The van der Waals surface area contributed by atoms with Crippen LogP contribution in [0.25, 0.3) is 5.65 Å². The number of hydrogen-bond acceptors (Lipinski definition) is 2. The van der Waals surface area contributed by atoms with Crippen molar-refractivity contribution in [3.8, 4) is 0 Å². The van der Waals surface area contributed by atoms with Crippen LogP contribution in [0.1, 0.15) is 19.5 Å². The molecule has 3 nitrogen and oxygen atoms in total. The van der Waals surface area contributed by atoms with E-state index < -0.39 is 0 Å². The molecule has 0 N–H and O–H groups in total. The zero-order valence-corrected chi connectivity index (χ0v) is 8.97. The van der Waals surface area contributed by atoms with Crippen molar-refractivity contribution in [3.05, 3.63) is 36.3 Å². The summed E-state index contributed by atoms with van der Waals surface area (Å²) in [5.41, 5.74) is 1.91. The van der Waals surface area contributed by atoms with Crippen molar-refractivity contribution in [3.63, 3.8) is 0 Å². The Morgan fingerprint density at radius 1 is 1.53 bits per heavy atom. The molecule has 0 amide bonds. The van der Waals surface area contributed by atoms with Gasteiger partial charge in [0.05, 0.1) is 5.69 Å². The topological polar surface area (TPSA) is 34.4 Å². The molecule has 0 aliphatic rings. The first-order valence-corrected chi connectivity index (χ1v) is 5.10. The van der Waals surface area contributed by atoms with Crippen molar-refractivity contribution in [2.24, 2.45) is 5.92 Å². The van der Waals surface area contributed by atoms with E-state index in [1.54, 1.807) is 6.92 Å².